The van der Waals surface area contributed by atoms with Crippen LogP contribution < -0.4 is 9.47 Å². The Morgan fingerprint density at radius 3 is 2.44 bits per heavy atom. The maximum Gasteiger partial charge on any atom is 0.188 e. The number of halogens is 1. The van der Waals surface area contributed by atoms with E-state index < -0.39 is 0 Å². The van der Waals surface area contributed by atoms with Crippen LogP contribution in [0.1, 0.15) is 59.8 Å². The molecule has 1 unspecified atom stereocenters. The van der Waals surface area contributed by atoms with Gasteiger partial charge in [0, 0.05) is 25.1 Å². The van der Waals surface area contributed by atoms with E-state index in [0.717, 1.165) is 40.2 Å². The van der Waals surface area contributed by atoms with Crippen LogP contribution >= 0.6 is 0 Å². The number of methoxy groups -OCH3 is 1. The van der Waals surface area contributed by atoms with Crippen molar-refractivity contribution in [2.45, 2.75) is 53.1 Å². The number of nitrogens with zero attached hydrogens (tertiary/aromatic N) is 1. The van der Waals surface area contributed by atoms with E-state index in [-0.39, 0.29) is 24.3 Å². The third kappa shape index (κ3) is 5.65. The van der Waals surface area contributed by atoms with E-state index in [2.05, 4.69) is 13.8 Å². The highest BCUT2D eigenvalue weighted by Crippen LogP contribution is 2.31. The molecule has 0 aliphatic heterocycles. The van der Waals surface area contributed by atoms with Crippen LogP contribution in [0.5, 0.6) is 11.5 Å². The average Bonchev–Trinajstić information content (AvgIpc) is 2.82. The summed E-state index contributed by atoms with van der Waals surface area (Å²) in [6.07, 6.45) is 1.49. The Morgan fingerprint density at radius 2 is 1.75 bits per heavy atom. The summed E-state index contributed by atoms with van der Waals surface area (Å²) in [5.74, 6) is 0.941. The van der Waals surface area contributed by atoms with Crippen LogP contribution in [0.4, 0.5) is 4.39 Å². The van der Waals surface area contributed by atoms with Crippen LogP contribution in [0.2, 0.25) is 0 Å². The third-order valence-corrected chi connectivity index (χ3v) is 5.77. The van der Waals surface area contributed by atoms with Crippen molar-refractivity contribution < 1.29 is 18.6 Å². The monoisotopic (exact) mass is 437 g/mol. The molecule has 5 heteroatoms. The standard InChI is InChI=1S/C27H32FNO3/c1-6-18(2)27-24(32-17-30-5)13-12-22(29-27)15-23-19(3)14-25(26(28)20(23)4)31-16-21-10-8-7-9-11-21/h7-14,18H,6,15-17H2,1-5H3. The molecule has 1 atom stereocenters. The van der Waals surface area contributed by atoms with Gasteiger partial charge >= 0.3 is 0 Å². The van der Waals surface area contributed by atoms with Crippen molar-refractivity contribution in [2.24, 2.45) is 0 Å². The molecule has 3 aromatic rings. The molecule has 1 heterocycles. The first-order chi connectivity index (χ1) is 15.4. The molecule has 0 N–H and O–H groups in total. The highest BCUT2D eigenvalue weighted by Gasteiger charge is 2.18. The van der Waals surface area contributed by atoms with E-state index in [4.69, 9.17) is 19.2 Å². The zero-order valence-corrected chi connectivity index (χ0v) is 19.6. The number of ether oxygens (including phenoxy) is 3. The molecule has 2 aromatic carbocycles. The van der Waals surface area contributed by atoms with Gasteiger partial charge in [-0.2, -0.15) is 0 Å². The normalized spacial score (nSPS) is 11.9. The molecule has 0 amide bonds. The molecule has 32 heavy (non-hydrogen) atoms. The maximum atomic E-state index is 15.1. The molecular weight excluding hydrogens is 405 g/mol. The Morgan fingerprint density at radius 1 is 1.00 bits per heavy atom. The number of pyridine rings is 1. The van der Waals surface area contributed by atoms with E-state index in [0.29, 0.717) is 18.6 Å². The number of aryl methyl sites for hydroxylation is 1. The smallest absolute Gasteiger partial charge is 0.188 e. The van der Waals surface area contributed by atoms with Gasteiger partial charge < -0.3 is 14.2 Å². The van der Waals surface area contributed by atoms with Crippen LogP contribution in [-0.4, -0.2) is 18.9 Å². The van der Waals surface area contributed by atoms with Crippen LogP contribution in [0, 0.1) is 19.7 Å². The lowest BCUT2D eigenvalue weighted by Crippen LogP contribution is -2.08. The molecule has 0 aliphatic carbocycles. The first kappa shape index (κ1) is 23.7. The number of aromatic nitrogens is 1. The molecule has 0 saturated carbocycles. The molecule has 0 aliphatic rings. The minimum Gasteiger partial charge on any atom is -0.486 e. The fourth-order valence-corrected chi connectivity index (χ4v) is 3.65. The predicted octanol–water partition coefficient (Wildman–Crippen LogP) is 6.50. The van der Waals surface area contributed by atoms with Crippen molar-refractivity contribution in [1.29, 1.82) is 0 Å². The van der Waals surface area contributed by atoms with Gasteiger partial charge in [-0.1, -0.05) is 44.2 Å². The van der Waals surface area contributed by atoms with Crippen molar-refractivity contribution in [3.63, 3.8) is 0 Å². The lowest BCUT2D eigenvalue weighted by molar-refractivity contribution is 0.0498. The third-order valence-electron chi connectivity index (χ3n) is 5.77. The number of hydrogen-bond acceptors (Lipinski definition) is 4. The lowest BCUT2D eigenvalue weighted by atomic mass is 9.96. The van der Waals surface area contributed by atoms with Crippen LogP contribution in [-0.2, 0) is 17.8 Å². The van der Waals surface area contributed by atoms with Crippen LogP contribution in [0.15, 0.2) is 48.5 Å². The zero-order valence-electron chi connectivity index (χ0n) is 19.6. The van der Waals surface area contributed by atoms with Gasteiger partial charge in [-0.05, 0) is 60.7 Å². The van der Waals surface area contributed by atoms with E-state index in [9.17, 15) is 0 Å². The van der Waals surface area contributed by atoms with Crippen LogP contribution in [0.25, 0.3) is 0 Å². The molecule has 0 spiro atoms. The summed E-state index contributed by atoms with van der Waals surface area (Å²) in [5, 5.41) is 0. The Bertz CT molecular complexity index is 1040. The first-order valence-electron chi connectivity index (χ1n) is 11.0. The fourth-order valence-electron chi connectivity index (χ4n) is 3.65. The van der Waals surface area contributed by atoms with Gasteiger partial charge in [-0.3, -0.25) is 4.98 Å². The number of rotatable bonds is 10. The molecule has 0 bridgehead atoms. The van der Waals surface area contributed by atoms with E-state index in [1.54, 1.807) is 20.1 Å². The van der Waals surface area contributed by atoms with E-state index >= 15 is 4.39 Å². The molecule has 1 aromatic heterocycles. The fraction of sp³-hybridized carbons (Fsp3) is 0.370. The van der Waals surface area contributed by atoms with Crippen molar-refractivity contribution in [3.8, 4) is 11.5 Å². The minimum absolute atomic E-state index is 0.179. The Labute approximate surface area is 190 Å². The van der Waals surface area contributed by atoms with Gasteiger partial charge in [0.1, 0.15) is 12.4 Å². The second kappa shape index (κ2) is 11.1. The van der Waals surface area contributed by atoms with Gasteiger partial charge in [-0.15, -0.1) is 0 Å². The Kier molecular flexibility index (Phi) is 8.23. The number of hydrogen-bond donors (Lipinski definition) is 0. The minimum atomic E-state index is -0.316. The maximum absolute atomic E-state index is 15.1. The summed E-state index contributed by atoms with van der Waals surface area (Å²) in [5.41, 5.74) is 5.30. The molecule has 0 fully saturated rings. The Balaban J connectivity index is 1.84. The van der Waals surface area contributed by atoms with Crippen molar-refractivity contribution in [2.75, 3.05) is 13.9 Å². The Hall–Kier alpha value is -2.92. The van der Waals surface area contributed by atoms with Crippen molar-refractivity contribution in [3.05, 3.63) is 88.0 Å². The first-order valence-corrected chi connectivity index (χ1v) is 11.0. The summed E-state index contributed by atoms with van der Waals surface area (Å²) in [6.45, 7) is 8.55. The topological polar surface area (TPSA) is 40.6 Å². The largest absolute Gasteiger partial charge is 0.486 e. The van der Waals surface area contributed by atoms with Gasteiger partial charge in [0.25, 0.3) is 0 Å². The van der Waals surface area contributed by atoms with Gasteiger partial charge in [0.15, 0.2) is 18.4 Å². The quantitative estimate of drug-likeness (QED) is 0.339. The highest BCUT2D eigenvalue weighted by atomic mass is 19.1. The molecular formula is C27H32FNO3. The predicted molar refractivity (Wildman–Crippen MR) is 125 cm³/mol. The van der Waals surface area contributed by atoms with Gasteiger partial charge in [0.2, 0.25) is 0 Å². The van der Waals surface area contributed by atoms with Crippen molar-refractivity contribution >= 4 is 0 Å². The molecule has 3 rings (SSSR count). The SMILES string of the molecule is CCC(C)c1nc(Cc2c(C)cc(OCc3ccccc3)c(F)c2C)ccc1OCOC. The highest BCUT2D eigenvalue weighted by molar-refractivity contribution is 5.45. The van der Waals surface area contributed by atoms with E-state index in [1.807, 2.05) is 49.4 Å². The zero-order chi connectivity index (χ0) is 23.1. The van der Waals surface area contributed by atoms with Crippen LogP contribution in [0.3, 0.4) is 0 Å². The molecule has 0 radical (unpaired) electrons. The summed E-state index contributed by atoms with van der Waals surface area (Å²) < 4.78 is 31.7. The summed E-state index contributed by atoms with van der Waals surface area (Å²) in [7, 11) is 1.60. The second-order valence-corrected chi connectivity index (χ2v) is 8.11. The summed E-state index contributed by atoms with van der Waals surface area (Å²) in [6, 6.07) is 15.4. The molecule has 0 saturated heterocycles. The summed E-state index contributed by atoms with van der Waals surface area (Å²) >= 11 is 0. The van der Waals surface area contributed by atoms with Gasteiger partial charge in [0.05, 0.1) is 5.69 Å². The molecule has 4 nitrogen and oxygen atoms in total. The van der Waals surface area contributed by atoms with Crippen molar-refractivity contribution in [1.82, 2.24) is 4.98 Å². The average molecular weight is 438 g/mol. The number of benzene rings is 2. The lowest BCUT2D eigenvalue weighted by Gasteiger charge is -2.18. The van der Waals surface area contributed by atoms with Gasteiger partial charge in [-0.25, -0.2) is 4.39 Å². The van der Waals surface area contributed by atoms with E-state index in [1.165, 1.54) is 0 Å². The summed E-state index contributed by atoms with van der Waals surface area (Å²) in [4.78, 5) is 4.87. The second-order valence-electron chi connectivity index (χ2n) is 8.11. The molecule has 170 valence electrons.